The standard InChI is InChI=1S/C24H35N5OS.HI/c1-4-25-24(28-16-21-15-26-22(31-21)12-18(2)3)27-14-20-13-23(30)29(17-20)11-10-19-8-6-5-7-9-19;/h5-9,15,18,20H,4,10-14,16-17H2,1-3H3,(H2,25,27,28);1H. The summed E-state index contributed by atoms with van der Waals surface area (Å²) >= 11 is 1.74. The molecule has 1 atom stereocenters. The van der Waals surface area contributed by atoms with Gasteiger partial charge in [-0.2, -0.15) is 0 Å². The molecule has 0 bridgehead atoms. The molecule has 1 fully saturated rings. The van der Waals surface area contributed by atoms with Gasteiger partial charge in [0.1, 0.15) is 0 Å². The summed E-state index contributed by atoms with van der Waals surface area (Å²) in [5, 5.41) is 7.92. The lowest BCUT2D eigenvalue weighted by Gasteiger charge is -2.18. The number of nitrogens with one attached hydrogen (secondary N) is 2. The minimum Gasteiger partial charge on any atom is -0.357 e. The van der Waals surface area contributed by atoms with Gasteiger partial charge in [0.2, 0.25) is 5.91 Å². The normalized spacial score (nSPS) is 16.4. The predicted molar refractivity (Wildman–Crippen MR) is 144 cm³/mol. The molecular formula is C24H36IN5OS. The van der Waals surface area contributed by atoms with Gasteiger partial charge in [-0.15, -0.1) is 35.3 Å². The molecule has 1 aliphatic rings. The van der Waals surface area contributed by atoms with Crippen LogP contribution in [-0.4, -0.2) is 47.9 Å². The molecule has 0 spiro atoms. The van der Waals surface area contributed by atoms with Crippen LogP contribution < -0.4 is 10.6 Å². The Morgan fingerprint density at radius 3 is 2.78 bits per heavy atom. The van der Waals surface area contributed by atoms with E-state index in [4.69, 9.17) is 4.99 Å². The fourth-order valence-electron chi connectivity index (χ4n) is 3.72. The third-order valence-electron chi connectivity index (χ3n) is 5.29. The predicted octanol–water partition coefficient (Wildman–Crippen LogP) is 4.11. The first kappa shape index (κ1) is 26.6. The Labute approximate surface area is 213 Å². The second kappa shape index (κ2) is 13.8. The number of aliphatic imine (C=N–C) groups is 1. The maximum Gasteiger partial charge on any atom is 0.223 e. The number of halogens is 1. The molecule has 2 heterocycles. The van der Waals surface area contributed by atoms with Crippen molar-refractivity contribution in [2.24, 2.45) is 16.8 Å². The van der Waals surface area contributed by atoms with Crippen LogP contribution in [0.1, 0.15) is 42.6 Å². The number of amides is 1. The van der Waals surface area contributed by atoms with Crippen LogP contribution in [-0.2, 0) is 24.2 Å². The molecule has 1 unspecified atom stereocenters. The number of nitrogens with zero attached hydrogens (tertiary/aromatic N) is 3. The zero-order valence-corrected chi connectivity index (χ0v) is 22.5. The largest absolute Gasteiger partial charge is 0.357 e. The van der Waals surface area contributed by atoms with Crippen molar-refractivity contribution in [1.29, 1.82) is 0 Å². The SMILES string of the molecule is CCNC(=NCc1cnc(CC(C)C)s1)NCC1CC(=O)N(CCc2ccccc2)C1.I. The molecule has 1 saturated heterocycles. The van der Waals surface area contributed by atoms with E-state index in [-0.39, 0.29) is 29.9 Å². The van der Waals surface area contributed by atoms with E-state index < -0.39 is 0 Å². The Morgan fingerprint density at radius 2 is 2.06 bits per heavy atom. The van der Waals surface area contributed by atoms with Crippen LogP contribution in [0.2, 0.25) is 0 Å². The van der Waals surface area contributed by atoms with E-state index in [1.165, 1.54) is 15.4 Å². The van der Waals surface area contributed by atoms with Crippen molar-refractivity contribution in [1.82, 2.24) is 20.5 Å². The first-order valence-electron chi connectivity index (χ1n) is 11.3. The zero-order chi connectivity index (χ0) is 22.1. The molecule has 32 heavy (non-hydrogen) atoms. The van der Waals surface area contributed by atoms with Gasteiger partial charge in [-0.3, -0.25) is 4.79 Å². The number of hydrogen-bond acceptors (Lipinski definition) is 4. The molecule has 0 saturated carbocycles. The minimum atomic E-state index is 0. The molecule has 2 N–H and O–H groups in total. The number of benzene rings is 1. The number of likely N-dealkylation sites (tertiary alicyclic amines) is 1. The summed E-state index contributed by atoms with van der Waals surface area (Å²) in [5.41, 5.74) is 1.28. The zero-order valence-electron chi connectivity index (χ0n) is 19.3. The fraction of sp³-hybridized carbons (Fsp3) is 0.542. The molecule has 1 aromatic heterocycles. The van der Waals surface area contributed by atoms with Gasteiger partial charge in [0.05, 0.1) is 11.6 Å². The highest BCUT2D eigenvalue weighted by Crippen LogP contribution is 2.19. The van der Waals surface area contributed by atoms with Crippen LogP contribution >= 0.6 is 35.3 Å². The number of carbonyl (C=O) groups excluding carboxylic acids is 1. The second-order valence-electron chi connectivity index (χ2n) is 8.54. The summed E-state index contributed by atoms with van der Waals surface area (Å²) < 4.78 is 0. The van der Waals surface area contributed by atoms with E-state index in [1.807, 2.05) is 29.3 Å². The van der Waals surface area contributed by atoms with Crippen molar-refractivity contribution in [2.45, 2.75) is 46.6 Å². The van der Waals surface area contributed by atoms with E-state index >= 15 is 0 Å². The number of carbonyl (C=O) groups is 1. The van der Waals surface area contributed by atoms with Gasteiger partial charge in [-0.05, 0) is 24.8 Å². The van der Waals surface area contributed by atoms with Crippen LogP contribution in [0, 0.1) is 11.8 Å². The first-order valence-corrected chi connectivity index (χ1v) is 12.1. The minimum absolute atomic E-state index is 0. The van der Waals surface area contributed by atoms with E-state index in [1.54, 1.807) is 11.3 Å². The Bertz CT molecular complexity index is 855. The molecule has 176 valence electrons. The topological polar surface area (TPSA) is 69.6 Å². The molecule has 1 amide bonds. The lowest BCUT2D eigenvalue weighted by Crippen LogP contribution is -2.40. The lowest BCUT2D eigenvalue weighted by molar-refractivity contribution is -0.127. The van der Waals surface area contributed by atoms with Gasteiger partial charge >= 0.3 is 0 Å². The highest BCUT2D eigenvalue weighted by Gasteiger charge is 2.29. The van der Waals surface area contributed by atoms with Gasteiger partial charge in [0, 0.05) is 56.0 Å². The molecule has 1 aliphatic heterocycles. The van der Waals surface area contributed by atoms with Crippen LogP contribution in [0.4, 0.5) is 0 Å². The fourth-order valence-corrected chi connectivity index (χ4v) is 4.78. The number of thiazole rings is 1. The highest BCUT2D eigenvalue weighted by molar-refractivity contribution is 14.0. The summed E-state index contributed by atoms with van der Waals surface area (Å²) in [6.45, 7) is 10.3. The maximum absolute atomic E-state index is 12.4. The smallest absolute Gasteiger partial charge is 0.223 e. The number of rotatable bonds is 10. The second-order valence-corrected chi connectivity index (χ2v) is 9.74. The highest BCUT2D eigenvalue weighted by atomic mass is 127. The quantitative estimate of drug-likeness (QED) is 0.257. The molecule has 3 rings (SSSR count). The van der Waals surface area contributed by atoms with E-state index in [0.717, 1.165) is 45.0 Å². The Balaban J connectivity index is 0.00000363. The van der Waals surface area contributed by atoms with Crippen molar-refractivity contribution < 1.29 is 4.79 Å². The third-order valence-corrected chi connectivity index (χ3v) is 6.29. The van der Waals surface area contributed by atoms with Crippen molar-refractivity contribution in [2.75, 3.05) is 26.2 Å². The summed E-state index contributed by atoms with van der Waals surface area (Å²) in [5.74, 6) is 1.99. The van der Waals surface area contributed by atoms with E-state index in [2.05, 4.69) is 48.5 Å². The molecule has 2 aromatic rings. The van der Waals surface area contributed by atoms with Crippen LogP contribution in [0.15, 0.2) is 41.5 Å². The maximum atomic E-state index is 12.4. The first-order chi connectivity index (χ1) is 15.0. The van der Waals surface area contributed by atoms with Gasteiger partial charge in [-0.1, -0.05) is 44.2 Å². The van der Waals surface area contributed by atoms with Gasteiger partial charge in [0.25, 0.3) is 0 Å². The van der Waals surface area contributed by atoms with Crippen LogP contribution in [0.25, 0.3) is 0 Å². The molecule has 6 nitrogen and oxygen atoms in total. The molecular weight excluding hydrogens is 533 g/mol. The summed E-state index contributed by atoms with van der Waals surface area (Å²) in [6, 6.07) is 10.4. The van der Waals surface area contributed by atoms with Gasteiger partial charge in [-0.25, -0.2) is 9.98 Å². The van der Waals surface area contributed by atoms with Crippen molar-refractivity contribution in [3.63, 3.8) is 0 Å². The van der Waals surface area contributed by atoms with Crippen molar-refractivity contribution >= 4 is 47.2 Å². The average molecular weight is 570 g/mol. The van der Waals surface area contributed by atoms with Gasteiger partial charge < -0.3 is 15.5 Å². The Kier molecular flexibility index (Phi) is 11.4. The van der Waals surface area contributed by atoms with Crippen molar-refractivity contribution in [3.8, 4) is 0 Å². The van der Waals surface area contributed by atoms with E-state index in [9.17, 15) is 4.79 Å². The van der Waals surface area contributed by atoms with E-state index in [0.29, 0.717) is 24.8 Å². The number of hydrogen-bond donors (Lipinski definition) is 2. The molecule has 1 aromatic carbocycles. The van der Waals surface area contributed by atoms with Crippen LogP contribution in [0.5, 0.6) is 0 Å². The van der Waals surface area contributed by atoms with Gasteiger partial charge in [0.15, 0.2) is 5.96 Å². The Hall–Kier alpha value is -1.68. The molecule has 0 aliphatic carbocycles. The average Bonchev–Trinajstić information content (AvgIpc) is 3.34. The monoisotopic (exact) mass is 569 g/mol. The lowest BCUT2D eigenvalue weighted by atomic mass is 10.1. The Morgan fingerprint density at radius 1 is 1.28 bits per heavy atom. The summed E-state index contributed by atoms with van der Waals surface area (Å²) in [6.07, 6.45) is 4.47. The summed E-state index contributed by atoms with van der Waals surface area (Å²) in [7, 11) is 0. The van der Waals surface area contributed by atoms with Crippen molar-refractivity contribution in [3.05, 3.63) is 52.0 Å². The number of aromatic nitrogens is 1. The van der Waals surface area contributed by atoms with Crippen LogP contribution in [0.3, 0.4) is 0 Å². The summed E-state index contributed by atoms with van der Waals surface area (Å²) in [4.78, 5) is 24.8. The molecule has 0 radical (unpaired) electrons. The number of guanidine groups is 1. The third kappa shape index (κ3) is 8.69. The molecule has 8 heteroatoms.